The summed E-state index contributed by atoms with van der Waals surface area (Å²) < 4.78 is 81.4. The molecule has 0 saturated heterocycles. The average molecular weight is 569 g/mol. The summed E-state index contributed by atoms with van der Waals surface area (Å²) in [6, 6.07) is 2.02. The van der Waals surface area contributed by atoms with Crippen molar-refractivity contribution in [3.8, 4) is 5.88 Å². The first-order valence-corrected chi connectivity index (χ1v) is 9.18. The zero-order valence-electron chi connectivity index (χ0n) is 15.5. The van der Waals surface area contributed by atoms with Gasteiger partial charge in [0.25, 0.3) is 0 Å². The molecule has 2 N–H and O–H groups in total. The highest BCUT2D eigenvalue weighted by Gasteiger charge is 2.35. The van der Waals surface area contributed by atoms with Crippen LogP contribution < -0.4 is 15.4 Å². The molecule has 2 aromatic rings. The first-order chi connectivity index (χ1) is 13.6. The van der Waals surface area contributed by atoms with Crippen LogP contribution >= 0.6 is 35.3 Å². The van der Waals surface area contributed by atoms with E-state index in [1.54, 1.807) is 6.92 Å². The number of hydrogen-bond donors (Lipinski definition) is 2. The van der Waals surface area contributed by atoms with Crippen LogP contribution in [0.4, 0.5) is 26.3 Å². The van der Waals surface area contributed by atoms with Gasteiger partial charge in [-0.3, -0.25) is 0 Å². The van der Waals surface area contributed by atoms with Gasteiger partial charge in [-0.05, 0) is 19.1 Å². The Kier molecular flexibility index (Phi) is 10.1. The van der Waals surface area contributed by atoms with Crippen molar-refractivity contribution in [1.82, 2.24) is 20.6 Å². The highest BCUT2D eigenvalue weighted by molar-refractivity contribution is 14.0. The summed E-state index contributed by atoms with van der Waals surface area (Å²) in [5, 5.41) is 6.76. The van der Waals surface area contributed by atoms with E-state index in [1.165, 1.54) is 6.20 Å². The van der Waals surface area contributed by atoms with Gasteiger partial charge in [0.2, 0.25) is 5.88 Å². The lowest BCUT2D eigenvalue weighted by atomic mass is 10.2. The number of hydrogen-bond acceptors (Lipinski definition) is 5. The van der Waals surface area contributed by atoms with Crippen LogP contribution in [0.25, 0.3) is 0 Å². The fraction of sp³-hybridized carbons (Fsp3) is 0.438. The number of rotatable bonds is 7. The monoisotopic (exact) mass is 569 g/mol. The Labute approximate surface area is 189 Å². The third kappa shape index (κ3) is 8.12. The molecule has 0 radical (unpaired) electrons. The molecule has 0 aliphatic heterocycles. The summed E-state index contributed by atoms with van der Waals surface area (Å²) in [5.41, 5.74) is -1.96. The quantitative estimate of drug-likeness (QED) is 0.171. The van der Waals surface area contributed by atoms with Crippen molar-refractivity contribution in [1.29, 1.82) is 0 Å². The van der Waals surface area contributed by atoms with Gasteiger partial charge in [-0.25, -0.2) is 15.0 Å². The van der Waals surface area contributed by atoms with Gasteiger partial charge < -0.3 is 15.4 Å². The molecule has 2 rings (SSSR count). The molecular weight excluding hydrogens is 551 g/mol. The first-order valence-electron chi connectivity index (χ1n) is 8.30. The summed E-state index contributed by atoms with van der Waals surface area (Å²) in [6.45, 7) is 2.11. The number of aliphatic imine (C=N–C) groups is 1. The molecule has 0 aromatic carbocycles. The number of pyridine rings is 1. The van der Waals surface area contributed by atoms with Gasteiger partial charge in [0.05, 0.1) is 13.1 Å². The van der Waals surface area contributed by atoms with Crippen molar-refractivity contribution in [2.24, 2.45) is 4.99 Å². The zero-order valence-corrected chi connectivity index (χ0v) is 18.6. The van der Waals surface area contributed by atoms with E-state index in [0.29, 0.717) is 6.54 Å². The van der Waals surface area contributed by atoms with Gasteiger partial charge in [-0.1, -0.05) is 0 Å². The molecule has 0 aliphatic rings. The van der Waals surface area contributed by atoms with E-state index in [2.05, 4.69) is 25.6 Å². The average Bonchev–Trinajstić information content (AvgIpc) is 3.12. The zero-order chi connectivity index (χ0) is 21.5. The second-order valence-electron chi connectivity index (χ2n) is 5.45. The first kappa shape index (κ1) is 26.2. The Morgan fingerprint density at radius 1 is 1.17 bits per heavy atom. The lowest BCUT2D eigenvalue weighted by Crippen LogP contribution is -2.39. The molecule has 2 aromatic heterocycles. The smallest absolute Gasteiger partial charge is 0.434 e. The Balaban J connectivity index is 0.00000450. The van der Waals surface area contributed by atoms with E-state index in [1.807, 2.05) is 0 Å². The van der Waals surface area contributed by atoms with Crippen LogP contribution in [0.5, 0.6) is 5.88 Å². The standard InChI is InChI=1S/C16H17F6N5OS.HI/c1-2-23-14(26-8-12-27-11(9-29-12)16(20,21)22)25-6-7-28-13-10(15(17,18)19)4-3-5-24-13;/h3-5,9H,2,6-8H2,1H3,(H2,23,25,26);1H. The number of halogens is 7. The van der Waals surface area contributed by atoms with E-state index in [4.69, 9.17) is 4.74 Å². The molecule has 6 nitrogen and oxygen atoms in total. The molecule has 0 spiro atoms. The van der Waals surface area contributed by atoms with E-state index in [-0.39, 0.29) is 54.6 Å². The number of guanidine groups is 1. The van der Waals surface area contributed by atoms with Gasteiger partial charge in [0, 0.05) is 18.1 Å². The van der Waals surface area contributed by atoms with E-state index in [9.17, 15) is 26.3 Å². The van der Waals surface area contributed by atoms with Gasteiger partial charge >= 0.3 is 12.4 Å². The van der Waals surface area contributed by atoms with Crippen LogP contribution in [0.1, 0.15) is 23.2 Å². The fourth-order valence-corrected chi connectivity index (χ4v) is 2.77. The summed E-state index contributed by atoms with van der Waals surface area (Å²) >= 11 is 0.833. The third-order valence-electron chi connectivity index (χ3n) is 3.27. The molecule has 0 bridgehead atoms. The van der Waals surface area contributed by atoms with E-state index < -0.39 is 29.5 Å². The van der Waals surface area contributed by atoms with Crippen molar-refractivity contribution < 1.29 is 31.1 Å². The maximum atomic E-state index is 12.9. The molecule has 168 valence electrons. The van der Waals surface area contributed by atoms with Crippen molar-refractivity contribution in [3.63, 3.8) is 0 Å². The van der Waals surface area contributed by atoms with Crippen molar-refractivity contribution in [2.75, 3.05) is 19.7 Å². The van der Waals surface area contributed by atoms with Crippen LogP contribution in [0.2, 0.25) is 0 Å². The van der Waals surface area contributed by atoms with Gasteiger partial charge in [-0.15, -0.1) is 35.3 Å². The lowest BCUT2D eigenvalue weighted by molar-refractivity contribution is -0.141. The molecule has 0 saturated carbocycles. The summed E-state index contributed by atoms with van der Waals surface area (Å²) in [5.74, 6) is -0.275. The highest BCUT2D eigenvalue weighted by atomic mass is 127. The predicted octanol–water partition coefficient (Wildman–Crippen LogP) is 4.33. The van der Waals surface area contributed by atoms with Crippen molar-refractivity contribution in [3.05, 3.63) is 40.0 Å². The molecule has 14 heteroatoms. The number of ether oxygens (including phenoxy) is 1. The third-order valence-corrected chi connectivity index (χ3v) is 4.10. The number of alkyl halides is 6. The van der Waals surface area contributed by atoms with Crippen molar-refractivity contribution >= 4 is 41.3 Å². The largest absolute Gasteiger partial charge is 0.475 e. The highest BCUT2D eigenvalue weighted by Crippen LogP contribution is 2.34. The minimum atomic E-state index is -4.59. The predicted molar refractivity (Wildman–Crippen MR) is 110 cm³/mol. The Morgan fingerprint density at radius 3 is 2.50 bits per heavy atom. The molecule has 0 fully saturated rings. The van der Waals surface area contributed by atoms with Crippen molar-refractivity contribution in [2.45, 2.75) is 25.8 Å². The molecule has 0 aliphatic carbocycles. The van der Waals surface area contributed by atoms with E-state index in [0.717, 1.165) is 28.8 Å². The molecule has 0 atom stereocenters. The number of nitrogens with zero attached hydrogens (tertiary/aromatic N) is 3. The van der Waals surface area contributed by atoms with Crippen LogP contribution in [0, 0.1) is 0 Å². The molecule has 30 heavy (non-hydrogen) atoms. The van der Waals surface area contributed by atoms with E-state index >= 15 is 0 Å². The second kappa shape index (κ2) is 11.5. The van der Waals surface area contributed by atoms with Gasteiger partial charge in [0.1, 0.15) is 17.2 Å². The number of aromatic nitrogens is 2. The van der Waals surface area contributed by atoms with Crippen LogP contribution in [0.3, 0.4) is 0 Å². The SMILES string of the molecule is CCNC(=NCc1nc(C(F)(F)F)cs1)NCCOc1ncccc1C(F)(F)F.I. The summed E-state index contributed by atoms with van der Waals surface area (Å²) in [6.07, 6.45) is -7.91. The van der Waals surface area contributed by atoms with Crippen LogP contribution in [-0.2, 0) is 18.9 Å². The maximum Gasteiger partial charge on any atom is 0.434 e. The molecule has 0 unspecified atom stereocenters. The topological polar surface area (TPSA) is 71.4 Å². The van der Waals surface area contributed by atoms with Crippen LogP contribution in [0.15, 0.2) is 28.7 Å². The Bertz CT molecular complexity index is 827. The minimum Gasteiger partial charge on any atom is -0.475 e. The van der Waals surface area contributed by atoms with Crippen LogP contribution in [-0.4, -0.2) is 35.6 Å². The second-order valence-corrected chi connectivity index (χ2v) is 6.39. The molecule has 2 heterocycles. The minimum absolute atomic E-state index is 0. The van der Waals surface area contributed by atoms with Gasteiger partial charge in [0.15, 0.2) is 11.7 Å². The maximum absolute atomic E-state index is 12.9. The summed E-state index contributed by atoms with van der Waals surface area (Å²) in [7, 11) is 0. The normalized spacial score (nSPS) is 12.3. The fourth-order valence-electron chi connectivity index (χ4n) is 2.04. The summed E-state index contributed by atoms with van der Waals surface area (Å²) in [4.78, 5) is 11.2. The Hall–Kier alpha value is -1.84. The molecule has 0 amide bonds. The lowest BCUT2D eigenvalue weighted by Gasteiger charge is -2.14. The number of thiazole rings is 1. The van der Waals surface area contributed by atoms with Gasteiger partial charge in [-0.2, -0.15) is 26.3 Å². The molecular formula is C16H18F6IN5OS. The number of nitrogens with one attached hydrogen (secondary N) is 2. The Morgan fingerprint density at radius 2 is 1.90 bits per heavy atom.